The van der Waals surface area contributed by atoms with E-state index in [1.165, 1.54) is 6.92 Å². The lowest BCUT2D eigenvalue weighted by molar-refractivity contribution is -0.141. The first kappa shape index (κ1) is 10.4. The molecule has 0 unspecified atom stereocenters. The van der Waals surface area contributed by atoms with E-state index in [0.29, 0.717) is 6.61 Å². The Labute approximate surface area is 68.3 Å². The zero-order valence-electron chi connectivity index (χ0n) is 7.59. The highest BCUT2D eigenvalue weighted by atomic mass is 16.5. The summed E-state index contributed by atoms with van der Waals surface area (Å²) in [5.74, 6) is -0.197. The highest BCUT2D eigenvalue weighted by molar-refractivity contribution is 5.65. The number of hydrogen-bond acceptors (Lipinski definition) is 3. The summed E-state index contributed by atoms with van der Waals surface area (Å²) in [6, 6.07) is 0. The molecule has 0 saturated heterocycles. The highest BCUT2D eigenvalue weighted by Gasteiger charge is 1.98. The van der Waals surface area contributed by atoms with Gasteiger partial charge < -0.3 is 9.64 Å². The van der Waals surface area contributed by atoms with E-state index in [2.05, 4.69) is 18.7 Å². The maximum atomic E-state index is 10.4. The largest absolute Gasteiger partial charge is 0.465 e. The molecule has 11 heavy (non-hydrogen) atoms. The molecule has 0 aromatic rings. The Kier molecular flexibility index (Phi) is 5.84. The Morgan fingerprint density at radius 3 is 2.27 bits per heavy atom. The van der Waals surface area contributed by atoms with E-state index in [1.807, 2.05) is 0 Å². The summed E-state index contributed by atoms with van der Waals surface area (Å²) in [4.78, 5) is 12.6. The van der Waals surface area contributed by atoms with E-state index in [9.17, 15) is 4.79 Å². The number of carbonyl (C=O) groups is 1. The van der Waals surface area contributed by atoms with Gasteiger partial charge in [0.2, 0.25) is 0 Å². The Morgan fingerprint density at radius 2 is 1.91 bits per heavy atom. The molecule has 3 nitrogen and oxygen atoms in total. The molecule has 0 aliphatic heterocycles. The van der Waals surface area contributed by atoms with Crippen molar-refractivity contribution < 1.29 is 9.53 Å². The van der Waals surface area contributed by atoms with Crippen molar-refractivity contribution in [3.05, 3.63) is 0 Å². The van der Waals surface area contributed by atoms with Gasteiger partial charge in [-0.3, -0.25) is 4.79 Å². The third-order valence-corrected chi connectivity index (χ3v) is 1.61. The SMILES string of the molecule is CCN(CC)CCOC(C)=O. The van der Waals surface area contributed by atoms with Crippen LogP contribution in [0.1, 0.15) is 20.8 Å². The molecule has 0 N–H and O–H groups in total. The van der Waals surface area contributed by atoms with Crippen LogP contribution < -0.4 is 0 Å². The first-order valence-electron chi connectivity index (χ1n) is 4.06. The second-order valence-corrected chi connectivity index (χ2v) is 2.37. The molecule has 0 aliphatic carbocycles. The summed E-state index contributed by atoms with van der Waals surface area (Å²) < 4.78 is 4.80. The van der Waals surface area contributed by atoms with Gasteiger partial charge in [0.05, 0.1) is 0 Å². The van der Waals surface area contributed by atoms with Crippen LogP contribution in [0.5, 0.6) is 0 Å². The van der Waals surface area contributed by atoms with E-state index >= 15 is 0 Å². The zero-order valence-corrected chi connectivity index (χ0v) is 7.59. The summed E-state index contributed by atoms with van der Waals surface area (Å²) >= 11 is 0. The van der Waals surface area contributed by atoms with Crippen LogP contribution >= 0.6 is 0 Å². The number of rotatable bonds is 5. The minimum atomic E-state index is -0.197. The average Bonchev–Trinajstić information content (AvgIpc) is 1.98. The van der Waals surface area contributed by atoms with Gasteiger partial charge in [0, 0.05) is 13.5 Å². The van der Waals surface area contributed by atoms with Crippen LogP contribution in [-0.4, -0.2) is 37.1 Å². The van der Waals surface area contributed by atoms with Crippen molar-refractivity contribution in [2.45, 2.75) is 20.8 Å². The minimum Gasteiger partial charge on any atom is -0.465 e. The number of carbonyl (C=O) groups excluding carboxylic acids is 1. The number of esters is 1. The van der Waals surface area contributed by atoms with Crippen molar-refractivity contribution in [1.82, 2.24) is 4.90 Å². The molecular weight excluding hydrogens is 142 g/mol. The Hall–Kier alpha value is -0.570. The van der Waals surface area contributed by atoms with E-state index in [-0.39, 0.29) is 5.97 Å². The Balaban J connectivity index is 3.28. The van der Waals surface area contributed by atoms with Crippen molar-refractivity contribution in [2.75, 3.05) is 26.2 Å². The standard InChI is InChI=1S/C8H17NO2/c1-4-9(5-2)6-7-11-8(3)10/h4-7H2,1-3H3. The molecule has 0 rings (SSSR count). The molecule has 0 radical (unpaired) electrons. The quantitative estimate of drug-likeness (QED) is 0.558. The Morgan fingerprint density at radius 1 is 1.36 bits per heavy atom. The van der Waals surface area contributed by atoms with Gasteiger partial charge in [-0.1, -0.05) is 13.8 Å². The summed E-state index contributed by atoms with van der Waals surface area (Å²) in [5, 5.41) is 0. The summed E-state index contributed by atoms with van der Waals surface area (Å²) in [5.41, 5.74) is 0. The van der Waals surface area contributed by atoms with Crippen LogP contribution in [-0.2, 0) is 9.53 Å². The molecule has 0 atom stereocenters. The second kappa shape index (κ2) is 6.16. The van der Waals surface area contributed by atoms with Gasteiger partial charge >= 0.3 is 5.97 Å². The van der Waals surface area contributed by atoms with Gasteiger partial charge in [0.1, 0.15) is 6.61 Å². The van der Waals surface area contributed by atoms with Gasteiger partial charge in [-0.05, 0) is 13.1 Å². The lowest BCUT2D eigenvalue weighted by Gasteiger charge is -2.16. The van der Waals surface area contributed by atoms with E-state index in [1.54, 1.807) is 0 Å². The summed E-state index contributed by atoms with van der Waals surface area (Å²) in [6.07, 6.45) is 0. The fraction of sp³-hybridized carbons (Fsp3) is 0.875. The fourth-order valence-electron chi connectivity index (χ4n) is 0.858. The maximum Gasteiger partial charge on any atom is 0.302 e. The molecule has 0 aromatic heterocycles. The number of hydrogen-bond donors (Lipinski definition) is 0. The molecule has 3 heteroatoms. The van der Waals surface area contributed by atoms with Gasteiger partial charge in [-0.15, -0.1) is 0 Å². The number of likely N-dealkylation sites (N-methyl/N-ethyl adjacent to an activating group) is 1. The monoisotopic (exact) mass is 159 g/mol. The van der Waals surface area contributed by atoms with Gasteiger partial charge in [0.25, 0.3) is 0 Å². The van der Waals surface area contributed by atoms with Crippen LogP contribution in [0.4, 0.5) is 0 Å². The van der Waals surface area contributed by atoms with Crippen LogP contribution in [0.2, 0.25) is 0 Å². The number of ether oxygens (including phenoxy) is 1. The minimum absolute atomic E-state index is 0.197. The molecule has 0 aromatic carbocycles. The van der Waals surface area contributed by atoms with Crippen molar-refractivity contribution in [1.29, 1.82) is 0 Å². The summed E-state index contributed by atoms with van der Waals surface area (Å²) in [6.45, 7) is 9.00. The summed E-state index contributed by atoms with van der Waals surface area (Å²) in [7, 11) is 0. The first-order valence-corrected chi connectivity index (χ1v) is 4.06. The van der Waals surface area contributed by atoms with Crippen molar-refractivity contribution >= 4 is 5.97 Å². The van der Waals surface area contributed by atoms with Crippen molar-refractivity contribution in [3.8, 4) is 0 Å². The third kappa shape index (κ3) is 5.85. The normalized spacial score (nSPS) is 10.2. The van der Waals surface area contributed by atoms with Gasteiger partial charge in [0.15, 0.2) is 0 Å². The lowest BCUT2D eigenvalue weighted by atomic mass is 10.5. The van der Waals surface area contributed by atoms with Gasteiger partial charge in [-0.25, -0.2) is 0 Å². The van der Waals surface area contributed by atoms with Crippen molar-refractivity contribution in [3.63, 3.8) is 0 Å². The zero-order chi connectivity index (χ0) is 8.69. The van der Waals surface area contributed by atoms with Crippen LogP contribution in [0.15, 0.2) is 0 Å². The molecule has 0 saturated carbocycles. The Bertz CT molecular complexity index is 111. The molecule has 0 bridgehead atoms. The maximum absolute atomic E-state index is 10.4. The van der Waals surface area contributed by atoms with Crippen LogP contribution in [0.25, 0.3) is 0 Å². The molecule has 0 amide bonds. The topological polar surface area (TPSA) is 29.5 Å². The molecule has 0 spiro atoms. The smallest absolute Gasteiger partial charge is 0.302 e. The van der Waals surface area contributed by atoms with Crippen LogP contribution in [0, 0.1) is 0 Å². The van der Waals surface area contributed by atoms with Gasteiger partial charge in [-0.2, -0.15) is 0 Å². The molecule has 0 heterocycles. The third-order valence-electron chi connectivity index (χ3n) is 1.61. The predicted molar refractivity (Wildman–Crippen MR) is 44.4 cm³/mol. The highest BCUT2D eigenvalue weighted by Crippen LogP contribution is 1.86. The average molecular weight is 159 g/mol. The van der Waals surface area contributed by atoms with Crippen LogP contribution in [0.3, 0.4) is 0 Å². The van der Waals surface area contributed by atoms with E-state index in [0.717, 1.165) is 19.6 Å². The van der Waals surface area contributed by atoms with E-state index in [4.69, 9.17) is 4.74 Å². The molecule has 66 valence electrons. The van der Waals surface area contributed by atoms with Crippen molar-refractivity contribution in [2.24, 2.45) is 0 Å². The lowest BCUT2D eigenvalue weighted by Crippen LogP contribution is -2.27. The predicted octanol–water partition coefficient (Wildman–Crippen LogP) is 0.891. The first-order chi connectivity index (χ1) is 5.20. The number of nitrogens with zero attached hydrogens (tertiary/aromatic N) is 1. The second-order valence-electron chi connectivity index (χ2n) is 2.37. The fourth-order valence-corrected chi connectivity index (χ4v) is 0.858. The van der Waals surface area contributed by atoms with E-state index < -0.39 is 0 Å². The molecule has 0 fully saturated rings. The molecular formula is C8H17NO2. The molecule has 0 aliphatic rings.